The van der Waals surface area contributed by atoms with Crippen LogP contribution in [0.25, 0.3) is 0 Å². The minimum absolute atomic E-state index is 0.251. The van der Waals surface area contributed by atoms with Crippen LogP contribution in [0.15, 0.2) is 30.3 Å². The summed E-state index contributed by atoms with van der Waals surface area (Å²) in [5, 5.41) is 0. The number of ether oxygens (including phenoxy) is 1. The van der Waals surface area contributed by atoms with Crippen molar-refractivity contribution in [1.82, 2.24) is 9.80 Å². The first-order valence-electron chi connectivity index (χ1n) is 9.97. The Hall–Kier alpha value is -2.21. The summed E-state index contributed by atoms with van der Waals surface area (Å²) >= 11 is 0. The van der Waals surface area contributed by atoms with E-state index >= 15 is 0 Å². The number of amides is 2. The summed E-state index contributed by atoms with van der Waals surface area (Å²) in [5.74, 6) is -1.04. The van der Waals surface area contributed by atoms with Gasteiger partial charge in [0.15, 0.2) is 0 Å². The van der Waals surface area contributed by atoms with Crippen LogP contribution in [0.2, 0.25) is 0 Å². The first-order valence-corrected chi connectivity index (χ1v) is 9.97. The van der Waals surface area contributed by atoms with E-state index in [4.69, 9.17) is 4.74 Å². The molecule has 2 amide bonds. The fraction of sp³-hybridized carbons (Fsp3) is 0.591. The highest BCUT2D eigenvalue weighted by Crippen LogP contribution is 2.42. The zero-order valence-corrected chi connectivity index (χ0v) is 17.1. The summed E-state index contributed by atoms with van der Waals surface area (Å²) in [6.07, 6.45) is 2.33. The summed E-state index contributed by atoms with van der Waals surface area (Å²) in [6.45, 7) is 7.66. The van der Waals surface area contributed by atoms with Crippen LogP contribution in [-0.4, -0.2) is 52.8 Å². The first kappa shape index (κ1) is 20.5. The molecule has 0 aromatic heterocycles. The molecule has 3 rings (SSSR count). The number of hydrogen-bond acceptors (Lipinski definition) is 5. The Morgan fingerprint density at radius 2 is 1.61 bits per heavy atom. The quantitative estimate of drug-likeness (QED) is 0.588. The molecular formula is C22H30N2O4. The number of nitrogens with zero attached hydrogens (tertiary/aromatic N) is 2. The fourth-order valence-corrected chi connectivity index (χ4v) is 4.09. The van der Waals surface area contributed by atoms with E-state index in [0.29, 0.717) is 12.8 Å². The monoisotopic (exact) mass is 386 g/mol. The van der Waals surface area contributed by atoms with Crippen molar-refractivity contribution in [3.05, 3.63) is 35.9 Å². The Balaban J connectivity index is 1.55. The van der Waals surface area contributed by atoms with Gasteiger partial charge in [0.05, 0.1) is 0 Å². The van der Waals surface area contributed by atoms with Crippen LogP contribution in [0, 0.1) is 5.41 Å². The molecule has 0 unspecified atom stereocenters. The number of piperidine rings is 2. The van der Waals surface area contributed by atoms with Gasteiger partial charge in [-0.25, -0.2) is 0 Å². The molecule has 2 aliphatic rings. The van der Waals surface area contributed by atoms with Gasteiger partial charge >= 0.3 is 5.97 Å². The summed E-state index contributed by atoms with van der Waals surface area (Å²) in [6, 6.07) is 10.3. The lowest BCUT2D eigenvalue weighted by Gasteiger charge is -2.45. The molecule has 28 heavy (non-hydrogen) atoms. The zero-order chi connectivity index (χ0) is 20.4. The molecule has 0 saturated carbocycles. The van der Waals surface area contributed by atoms with Crippen molar-refractivity contribution in [3.8, 4) is 0 Å². The highest BCUT2D eigenvalue weighted by Gasteiger charge is 2.45. The maximum Gasteiger partial charge on any atom is 0.326 e. The van der Waals surface area contributed by atoms with Gasteiger partial charge in [-0.2, -0.15) is 0 Å². The third-order valence-corrected chi connectivity index (χ3v) is 5.53. The van der Waals surface area contributed by atoms with E-state index in [1.54, 1.807) is 20.8 Å². The number of carbonyl (C=O) groups is 3. The van der Waals surface area contributed by atoms with Crippen molar-refractivity contribution in [2.45, 2.75) is 58.6 Å². The van der Waals surface area contributed by atoms with Crippen molar-refractivity contribution < 1.29 is 19.1 Å². The van der Waals surface area contributed by atoms with Crippen LogP contribution in [0.3, 0.4) is 0 Å². The Morgan fingerprint density at radius 3 is 2.14 bits per heavy atom. The SMILES string of the molecule is CC(C)(C)OC(=O)CN1C(=O)CC2(CCN(Cc3ccccc3)CC2)CC1=O. The van der Waals surface area contributed by atoms with E-state index in [2.05, 4.69) is 17.0 Å². The van der Waals surface area contributed by atoms with Gasteiger partial charge in [0.25, 0.3) is 0 Å². The summed E-state index contributed by atoms with van der Waals surface area (Å²) in [4.78, 5) is 40.8. The molecule has 6 heteroatoms. The standard InChI is InChI=1S/C22H30N2O4/c1-21(2,3)28-20(27)16-24-18(25)13-22(14-19(24)26)9-11-23(12-10-22)15-17-7-5-4-6-8-17/h4-8H,9-16H2,1-3H3. The average molecular weight is 386 g/mol. The molecule has 1 aromatic rings. The van der Waals surface area contributed by atoms with Crippen molar-refractivity contribution in [1.29, 1.82) is 0 Å². The molecule has 6 nitrogen and oxygen atoms in total. The Morgan fingerprint density at radius 1 is 1.04 bits per heavy atom. The number of imide groups is 1. The fourth-order valence-electron chi connectivity index (χ4n) is 4.09. The molecule has 152 valence electrons. The van der Waals surface area contributed by atoms with Crippen LogP contribution >= 0.6 is 0 Å². The summed E-state index contributed by atoms with van der Waals surface area (Å²) in [5.41, 5.74) is 0.384. The largest absolute Gasteiger partial charge is 0.459 e. The second kappa shape index (κ2) is 8.03. The van der Waals surface area contributed by atoms with Crippen LogP contribution in [-0.2, 0) is 25.7 Å². The maximum absolute atomic E-state index is 12.6. The van der Waals surface area contributed by atoms with Gasteiger partial charge in [-0.05, 0) is 57.7 Å². The number of esters is 1. The average Bonchev–Trinajstić information content (AvgIpc) is 2.60. The van der Waals surface area contributed by atoms with E-state index in [1.807, 2.05) is 18.2 Å². The first-order chi connectivity index (χ1) is 13.2. The van der Waals surface area contributed by atoms with Crippen LogP contribution in [0.1, 0.15) is 52.0 Å². The third-order valence-electron chi connectivity index (χ3n) is 5.53. The third kappa shape index (κ3) is 5.19. The molecule has 1 aromatic carbocycles. The van der Waals surface area contributed by atoms with Gasteiger partial charge < -0.3 is 4.74 Å². The number of carbonyl (C=O) groups excluding carboxylic acids is 3. The highest BCUT2D eigenvalue weighted by atomic mass is 16.6. The van der Waals surface area contributed by atoms with Gasteiger partial charge in [-0.3, -0.25) is 24.2 Å². The van der Waals surface area contributed by atoms with Gasteiger partial charge in [-0.1, -0.05) is 30.3 Å². The van der Waals surface area contributed by atoms with Crippen molar-refractivity contribution in [3.63, 3.8) is 0 Å². The van der Waals surface area contributed by atoms with Crippen molar-refractivity contribution >= 4 is 17.8 Å². The lowest BCUT2D eigenvalue weighted by atomic mass is 9.70. The molecular weight excluding hydrogens is 356 g/mol. The minimum Gasteiger partial charge on any atom is -0.459 e. The summed E-state index contributed by atoms with van der Waals surface area (Å²) < 4.78 is 5.25. The maximum atomic E-state index is 12.6. The van der Waals surface area contributed by atoms with E-state index in [9.17, 15) is 14.4 Å². The number of rotatable bonds is 4. The Bertz CT molecular complexity index is 711. The predicted octanol–water partition coefficient (Wildman–Crippen LogP) is 2.76. The van der Waals surface area contributed by atoms with Gasteiger partial charge in [0, 0.05) is 19.4 Å². The molecule has 2 heterocycles. The van der Waals surface area contributed by atoms with Crippen molar-refractivity contribution in [2.75, 3.05) is 19.6 Å². The van der Waals surface area contributed by atoms with Crippen LogP contribution in [0.5, 0.6) is 0 Å². The molecule has 2 saturated heterocycles. The number of likely N-dealkylation sites (tertiary alicyclic amines) is 2. The molecule has 0 bridgehead atoms. The van der Waals surface area contributed by atoms with Gasteiger partial charge in [0.2, 0.25) is 11.8 Å². The van der Waals surface area contributed by atoms with E-state index in [0.717, 1.165) is 37.4 Å². The molecule has 2 fully saturated rings. The highest BCUT2D eigenvalue weighted by molar-refractivity contribution is 6.01. The Labute approximate surface area is 166 Å². The number of benzene rings is 1. The van der Waals surface area contributed by atoms with E-state index < -0.39 is 11.6 Å². The zero-order valence-electron chi connectivity index (χ0n) is 17.1. The smallest absolute Gasteiger partial charge is 0.326 e. The Kier molecular flexibility index (Phi) is 5.89. The molecule has 0 aliphatic carbocycles. The molecule has 1 spiro atoms. The second-order valence-electron chi connectivity index (χ2n) is 9.08. The molecule has 0 radical (unpaired) electrons. The lowest BCUT2D eigenvalue weighted by Crippen LogP contribution is -2.53. The van der Waals surface area contributed by atoms with Crippen LogP contribution in [0.4, 0.5) is 0 Å². The molecule has 0 atom stereocenters. The lowest BCUT2D eigenvalue weighted by molar-refractivity contribution is -0.167. The minimum atomic E-state index is -0.633. The number of hydrogen-bond donors (Lipinski definition) is 0. The second-order valence-corrected chi connectivity index (χ2v) is 9.08. The van der Waals surface area contributed by atoms with Crippen LogP contribution < -0.4 is 0 Å². The summed E-state index contributed by atoms with van der Waals surface area (Å²) in [7, 11) is 0. The molecule has 0 N–H and O–H groups in total. The van der Waals surface area contributed by atoms with Gasteiger partial charge in [-0.15, -0.1) is 0 Å². The predicted molar refractivity (Wildman–Crippen MR) is 105 cm³/mol. The van der Waals surface area contributed by atoms with E-state index in [-0.39, 0.29) is 23.8 Å². The van der Waals surface area contributed by atoms with E-state index in [1.165, 1.54) is 5.56 Å². The van der Waals surface area contributed by atoms with Crippen molar-refractivity contribution in [2.24, 2.45) is 5.41 Å². The molecule has 2 aliphatic heterocycles. The topological polar surface area (TPSA) is 66.9 Å². The normalized spacial score (nSPS) is 20.5. The van der Waals surface area contributed by atoms with Gasteiger partial charge in [0.1, 0.15) is 12.1 Å².